The van der Waals surface area contributed by atoms with Crippen LogP contribution >= 0.6 is 0 Å². The quantitative estimate of drug-likeness (QED) is 0.275. The van der Waals surface area contributed by atoms with E-state index >= 15 is 0 Å². The SMILES string of the molecule is Cc1ccccc1-c1cc2cnc(Nc3ccc(N4CCNCC4)c(C)c3)nc2n(Cc2ccnn2-c2ccncc2)c1=O. The number of nitrogens with one attached hydrogen (secondary N) is 2. The van der Waals surface area contributed by atoms with E-state index in [0.717, 1.165) is 59.8 Å². The van der Waals surface area contributed by atoms with Crippen LogP contribution in [0, 0.1) is 13.8 Å². The Labute approximate surface area is 255 Å². The topological polar surface area (TPSA) is 106 Å². The Balaban J connectivity index is 1.30. The van der Waals surface area contributed by atoms with Crippen molar-refractivity contribution in [1.29, 1.82) is 0 Å². The highest BCUT2D eigenvalue weighted by Gasteiger charge is 2.18. The molecule has 10 nitrogen and oxygen atoms in total. The number of aryl methyl sites for hydroxylation is 2. The molecule has 1 aliphatic heterocycles. The number of fused-ring (bicyclic) bond motifs is 1. The van der Waals surface area contributed by atoms with E-state index < -0.39 is 0 Å². The van der Waals surface area contributed by atoms with Gasteiger partial charge in [-0.15, -0.1) is 0 Å². The van der Waals surface area contributed by atoms with Crippen LogP contribution in [0.15, 0.2) is 96.3 Å². The van der Waals surface area contributed by atoms with Crippen molar-refractivity contribution in [2.45, 2.75) is 20.4 Å². The molecule has 44 heavy (non-hydrogen) atoms. The Hall–Kier alpha value is -5.35. The molecule has 4 aromatic heterocycles. The number of hydrogen-bond acceptors (Lipinski definition) is 8. The third-order valence-corrected chi connectivity index (χ3v) is 8.12. The zero-order chi connectivity index (χ0) is 30.0. The van der Waals surface area contributed by atoms with Crippen molar-refractivity contribution in [2.75, 3.05) is 36.4 Å². The molecule has 6 aromatic rings. The second kappa shape index (κ2) is 11.7. The first-order valence-electron chi connectivity index (χ1n) is 14.8. The van der Waals surface area contributed by atoms with E-state index in [1.807, 2.05) is 60.1 Å². The molecule has 10 heteroatoms. The monoisotopic (exact) mass is 583 g/mol. The van der Waals surface area contributed by atoms with Gasteiger partial charge in [-0.1, -0.05) is 24.3 Å². The molecule has 5 heterocycles. The first kappa shape index (κ1) is 27.5. The van der Waals surface area contributed by atoms with E-state index in [-0.39, 0.29) is 12.1 Å². The number of hydrogen-bond donors (Lipinski definition) is 2. The molecular formula is C34H33N9O. The van der Waals surface area contributed by atoms with E-state index in [2.05, 4.69) is 55.7 Å². The Kier molecular flexibility index (Phi) is 7.33. The largest absolute Gasteiger partial charge is 0.369 e. The van der Waals surface area contributed by atoms with Gasteiger partial charge in [0.15, 0.2) is 0 Å². The van der Waals surface area contributed by atoms with E-state index in [1.54, 1.807) is 29.4 Å². The van der Waals surface area contributed by atoms with E-state index in [9.17, 15) is 4.79 Å². The second-order valence-corrected chi connectivity index (χ2v) is 11.0. The molecule has 0 unspecified atom stereocenters. The van der Waals surface area contributed by atoms with Gasteiger partial charge in [0.2, 0.25) is 5.95 Å². The zero-order valence-electron chi connectivity index (χ0n) is 24.7. The molecule has 1 aliphatic rings. The average Bonchev–Trinajstić information content (AvgIpc) is 3.52. The van der Waals surface area contributed by atoms with Crippen LogP contribution in [0.5, 0.6) is 0 Å². The molecule has 220 valence electrons. The fourth-order valence-corrected chi connectivity index (χ4v) is 5.89. The lowest BCUT2D eigenvalue weighted by Crippen LogP contribution is -2.43. The Bertz CT molecular complexity index is 2010. The Morgan fingerprint density at radius 2 is 1.70 bits per heavy atom. The Morgan fingerprint density at radius 3 is 2.50 bits per heavy atom. The number of rotatable bonds is 7. The van der Waals surface area contributed by atoms with Crippen LogP contribution in [0.4, 0.5) is 17.3 Å². The number of aromatic nitrogens is 6. The number of piperazine rings is 1. The number of nitrogens with zero attached hydrogens (tertiary/aromatic N) is 7. The molecule has 1 saturated heterocycles. The molecular weight excluding hydrogens is 550 g/mol. The molecule has 0 amide bonds. The van der Waals surface area contributed by atoms with Gasteiger partial charge in [0, 0.05) is 73.3 Å². The summed E-state index contributed by atoms with van der Waals surface area (Å²) in [5.41, 5.74) is 7.95. The summed E-state index contributed by atoms with van der Waals surface area (Å²) in [5.74, 6) is 0.422. The first-order valence-corrected chi connectivity index (χ1v) is 14.8. The molecule has 2 N–H and O–H groups in total. The van der Waals surface area contributed by atoms with Gasteiger partial charge in [-0.25, -0.2) is 9.67 Å². The van der Waals surface area contributed by atoms with E-state index in [0.29, 0.717) is 17.2 Å². The van der Waals surface area contributed by atoms with Crippen LogP contribution in [0.2, 0.25) is 0 Å². The molecule has 7 rings (SSSR count). The third-order valence-electron chi connectivity index (χ3n) is 8.12. The van der Waals surface area contributed by atoms with Gasteiger partial charge < -0.3 is 15.5 Å². The van der Waals surface area contributed by atoms with Crippen LogP contribution in [0.3, 0.4) is 0 Å². The lowest BCUT2D eigenvalue weighted by molar-refractivity contribution is 0.588. The molecule has 0 atom stereocenters. The minimum absolute atomic E-state index is 0.129. The van der Waals surface area contributed by atoms with E-state index in [4.69, 9.17) is 4.98 Å². The summed E-state index contributed by atoms with van der Waals surface area (Å²) in [6, 6.07) is 21.8. The number of pyridine rings is 2. The van der Waals surface area contributed by atoms with Crippen molar-refractivity contribution >= 4 is 28.4 Å². The molecule has 0 radical (unpaired) electrons. The lowest BCUT2D eigenvalue weighted by Gasteiger charge is -2.30. The maximum atomic E-state index is 14.2. The van der Waals surface area contributed by atoms with Crippen LogP contribution in [0.1, 0.15) is 16.8 Å². The van der Waals surface area contributed by atoms with Gasteiger partial charge in [0.25, 0.3) is 5.56 Å². The summed E-state index contributed by atoms with van der Waals surface area (Å²) in [6.07, 6.45) is 6.97. The maximum Gasteiger partial charge on any atom is 0.260 e. The van der Waals surface area contributed by atoms with Crippen molar-refractivity contribution in [2.24, 2.45) is 0 Å². The average molecular weight is 584 g/mol. The highest BCUT2D eigenvalue weighted by molar-refractivity contribution is 5.82. The molecule has 0 spiro atoms. The van der Waals surface area contributed by atoms with Gasteiger partial charge >= 0.3 is 0 Å². The summed E-state index contributed by atoms with van der Waals surface area (Å²) >= 11 is 0. The minimum Gasteiger partial charge on any atom is -0.369 e. The minimum atomic E-state index is -0.129. The van der Waals surface area contributed by atoms with Gasteiger partial charge in [0.1, 0.15) is 5.65 Å². The highest BCUT2D eigenvalue weighted by Crippen LogP contribution is 2.27. The predicted octanol–water partition coefficient (Wildman–Crippen LogP) is 4.86. The fourth-order valence-electron chi connectivity index (χ4n) is 5.89. The normalized spacial score (nSPS) is 13.4. The molecule has 2 aromatic carbocycles. The number of benzene rings is 2. The van der Waals surface area contributed by atoms with Crippen LogP contribution in [-0.4, -0.2) is 55.5 Å². The summed E-state index contributed by atoms with van der Waals surface area (Å²) in [6.45, 7) is 8.36. The van der Waals surface area contributed by atoms with E-state index in [1.165, 1.54) is 11.3 Å². The predicted molar refractivity (Wildman–Crippen MR) is 174 cm³/mol. The Morgan fingerprint density at radius 1 is 0.886 bits per heavy atom. The van der Waals surface area contributed by atoms with Crippen molar-refractivity contribution in [3.05, 3.63) is 119 Å². The first-order chi connectivity index (χ1) is 21.5. The van der Waals surface area contributed by atoms with Gasteiger partial charge in [-0.3, -0.25) is 14.3 Å². The second-order valence-electron chi connectivity index (χ2n) is 11.0. The highest BCUT2D eigenvalue weighted by atomic mass is 16.1. The number of anilines is 3. The molecule has 0 bridgehead atoms. The van der Waals surface area contributed by atoms with Crippen LogP contribution in [0.25, 0.3) is 27.8 Å². The lowest BCUT2D eigenvalue weighted by atomic mass is 10.0. The van der Waals surface area contributed by atoms with Gasteiger partial charge in [-0.2, -0.15) is 10.1 Å². The summed E-state index contributed by atoms with van der Waals surface area (Å²) in [5, 5.41) is 12.1. The van der Waals surface area contributed by atoms with Crippen molar-refractivity contribution in [3.63, 3.8) is 0 Å². The summed E-state index contributed by atoms with van der Waals surface area (Å²) in [7, 11) is 0. The van der Waals surface area contributed by atoms with Crippen LogP contribution < -0.4 is 21.1 Å². The van der Waals surface area contributed by atoms with Gasteiger partial charge in [-0.05, 0) is 73.0 Å². The maximum absolute atomic E-state index is 14.2. The van der Waals surface area contributed by atoms with Crippen molar-refractivity contribution in [1.82, 2.24) is 34.6 Å². The van der Waals surface area contributed by atoms with Gasteiger partial charge in [0.05, 0.1) is 17.9 Å². The molecule has 0 aliphatic carbocycles. The standard InChI is InChI=1S/C34H33N9O/c1-23-5-3-4-6-29(23)30-20-25-21-37-34(39-26-7-8-31(24(2)19-26)41-17-15-36-16-18-41)40-32(25)42(33(30)44)22-28-11-14-38-43(28)27-9-12-35-13-10-27/h3-14,19-21,36H,15-18,22H2,1-2H3,(H,37,39,40). The zero-order valence-corrected chi connectivity index (χ0v) is 24.7. The third kappa shape index (κ3) is 5.31. The molecule has 1 fully saturated rings. The summed E-state index contributed by atoms with van der Waals surface area (Å²) < 4.78 is 3.54. The smallest absolute Gasteiger partial charge is 0.260 e. The summed E-state index contributed by atoms with van der Waals surface area (Å²) in [4.78, 5) is 30.3. The fraction of sp³-hybridized carbons (Fsp3) is 0.206. The molecule has 0 saturated carbocycles. The van der Waals surface area contributed by atoms with Crippen molar-refractivity contribution in [3.8, 4) is 16.8 Å². The van der Waals surface area contributed by atoms with Crippen LogP contribution in [-0.2, 0) is 6.54 Å². The van der Waals surface area contributed by atoms with Crippen molar-refractivity contribution < 1.29 is 0 Å².